The molecule has 3 heteroatoms. The Balaban J connectivity index is 0.00000144. The molecule has 2 nitrogen and oxygen atoms in total. The van der Waals surface area contributed by atoms with Gasteiger partial charge in [0.05, 0.1) is 0 Å². The summed E-state index contributed by atoms with van der Waals surface area (Å²) in [7, 11) is 0. The second-order valence-corrected chi connectivity index (χ2v) is 9.11. The Morgan fingerprint density at radius 2 is 1.77 bits per heavy atom. The summed E-state index contributed by atoms with van der Waals surface area (Å²) in [5.74, 6) is 3.81. The number of rotatable bonds is 0. The third kappa shape index (κ3) is 2.13. The van der Waals surface area contributed by atoms with Gasteiger partial charge in [-0.05, 0) is 80.5 Å². The quantitative estimate of drug-likeness (QED) is 0.719. The molecule has 0 aromatic rings. The van der Waals surface area contributed by atoms with E-state index in [0.717, 1.165) is 30.6 Å². The molecule has 0 heterocycles. The van der Waals surface area contributed by atoms with Gasteiger partial charge in [-0.2, -0.15) is 0 Å². The highest BCUT2D eigenvalue weighted by Gasteiger charge is 2.59. The van der Waals surface area contributed by atoms with Gasteiger partial charge in [-0.15, -0.1) is 12.4 Å². The maximum atomic E-state index is 12.4. The van der Waals surface area contributed by atoms with Gasteiger partial charge in [0.1, 0.15) is 5.78 Å². The van der Waals surface area contributed by atoms with Crippen LogP contribution in [-0.4, -0.2) is 11.8 Å². The van der Waals surface area contributed by atoms with Crippen LogP contribution in [0, 0.1) is 34.5 Å². The van der Waals surface area contributed by atoms with E-state index in [1.807, 2.05) is 0 Å². The van der Waals surface area contributed by atoms with Crippen LogP contribution in [0.25, 0.3) is 0 Å². The molecule has 4 rings (SSSR count). The van der Waals surface area contributed by atoms with Crippen molar-refractivity contribution in [2.24, 2.45) is 40.2 Å². The van der Waals surface area contributed by atoms with Gasteiger partial charge in [-0.1, -0.05) is 13.8 Å². The first-order valence-electron chi connectivity index (χ1n) is 9.24. The molecule has 22 heavy (non-hydrogen) atoms. The number of hydrogen-bond acceptors (Lipinski definition) is 2. The van der Waals surface area contributed by atoms with Gasteiger partial charge in [0.25, 0.3) is 0 Å². The average Bonchev–Trinajstić information content (AvgIpc) is 2.76. The molecule has 0 bridgehead atoms. The second-order valence-electron chi connectivity index (χ2n) is 9.11. The molecule has 126 valence electrons. The van der Waals surface area contributed by atoms with Gasteiger partial charge < -0.3 is 5.73 Å². The third-order valence-electron chi connectivity index (χ3n) is 8.42. The van der Waals surface area contributed by atoms with Gasteiger partial charge in [0, 0.05) is 17.9 Å². The summed E-state index contributed by atoms with van der Waals surface area (Å²) in [5.41, 5.74) is 6.81. The Bertz CT molecular complexity index is 466. The summed E-state index contributed by atoms with van der Waals surface area (Å²) in [6.45, 7) is 4.86. The fourth-order valence-corrected chi connectivity index (χ4v) is 7.06. The zero-order valence-electron chi connectivity index (χ0n) is 14.1. The lowest BCUT2D eigenvalue weighted by Gasteiger charge is -2.60. The molecule has 0 unspecified atom stereocenters. The van der Waals surface area contributed by atoms with E-state index >= 15 is 0 Å². The lowest BCUT2D eigenvalue weighted by molar-refractivity contribution is -0.139. The predicted molar refractivity (Wildman–Crippen MR) is 92.0 cm³/mol. The standard InChI is InChI=1S/C19H31NO.ClH/c1-18-9-7-13(20)11-12(18)3-4-14-15-5-6-17(21)19(15,2)10-8-16(14)18;/h12-16H,3-11,20H2,1-2H3;1H/t12-,13+,14-,15-,16-,18-,19-;/m0./s1. The molecular formula is C19H32ClNO. The zero-order valence-corrected chi connectivity index (χ0v) is 15.0. The van der Waals surface area contributed by atoms with E-state index in [1.54, 1.807) is 0 Å². The topological polar surface area (TPSA) is 43.1 Å². The van der Waals surface area contributed by atoms with Gasteiger partial charge in [0.15, 0.2) is 0 Å². The molecule has 0 amide bonds. The minimum absolute atomic E-state index is 0. The maximum Gasteiger partial charge on any atom is 0.139 e. The SMILES string of the molecule is C[C@]12CC[C@@H](N)C[C@@H]1CC[C@@H]1[C@@H]2CC[C@]2(C)C(=O)CC[C@@H]12.Cl. The fraction of sp³-hybridized carbons (Fsp3) is 0.947. The van der Waals surface area contributed by atoms with Crippen LogP contribution in [-0.2, 0) is 4.79 Å². The normalized spacial score (nSPS) is 54.0. The first-order chi connectivity index (χ1) is 9.95. The Kier molecular flexibility index (Phi) is 4.18. The number of ketones is 1. The highest BCUT2D eigenvalue weighted by Crippen LogP contribution is 2.65. The third-order valence-corrected chi connectivity index (χ3v) is 8.42. The van der Waals surface area contributed by atoms with Gasteiger partial charge >= 0.3 is 0 Å². The van der Waals surface area contributed by atoms with E-state index in [4.69, 9.17) is 5.73 Å². The zero-order chi connectivity index (χ0) is 14.8. The fourth-order valence-electron chi connectivity index (χ4n) is 7.06. The lowest BCUT2D eigenvalue weighted by atomic mass is 9.45. The molecule has 0 aromatic heterocycles. The molecule has 0 spiro atoms. The molecule has 0 saturated heterocycles. The molecule has 0 aliphatic heterocycles. The summed E-state index contributed by atoms with van der Waals surface area (Å²) in [6, 6.07) is 0.446. The average molecular weight is 326 g/mol. The van der Waals surface area contributed by atoms with E-state index in [9.17, 15) is 4.79 Å². The van der Waals surface area contributed by atoms with Crippen molar-refractivity contribution in [3.8, 4) is 0 Å². The number of fused-ring (bicyclic) bond motifs is 5. The molecule has 0 aromatic carbocycles. The second kappa shape index (κ2) is 5.48. The molecule has 7 atom stereocenters. The maximum absolute atomic E-state index is 12.4. The lowest BCUT2D eigenvalue weighted by Crippen LogP contribution is -2.54. The Morgan fingerprint density at radius 1 is 1.00 bits per heavy atom. The van der Waals surface area contributed by atoms with Gasteiger partial charge in [-0.3, -0.25) is 4.79 Å². The molecule has 0 radical (unpaired) electrons. The predicted octanol–water partition coefficient (Wildman–Crippen LogP) is 4.35. The summed E-state index contributed by atoms with van der Waals surface area (Å²) >= 11 is 0. The van der Waals surface area contributed by atoms with Crippen molar-refractivity contribution in [1.82, 2.24) is 0 Å². The van der Waals surface area contributed by atoms with Crippen molar-refractivity contribution in [2.75, 3.05) is 0 Å². The Hall–Kier alpha value is -0.0800. The number of carbonyl (C=O) groups is 1. The van der Waals surface area contributed by atoms with Crippen molar-refractivity contribution in [3.05, 3.63) is 0 Å². The first kappa shape index (κ1) is 16.8. The summed E-state index contributed by atoms with van der Waals surface area (Å²) in [4.78, 5) is 12.4. The van der Waals surface area contributed by atoms with Crippen LogP contribution in [0.3, 0.4) is 0 Å². The van der Waals surface area contributed by atoms with Crippen LogP contribution in [0.15, 0.2) is 0 Å². The molecular weight excluding hydrogens is 294 g/mol. The molecule has 4 saturated carbocycles. The highest BCUT2D eigenvalue weighted by atomic mass is 35.5. The largest absolute Gasteiger partial charge is 0.328 e. The minimum atomic E-state index is 0. The van der Waals surface area contributed by atoms with Crippen LogP contribution in [0.1, 0.15) is 71.6 Å². The van der Waals surface area contributed by atoms with E-state index in [2.05, 4.69) is 13.8 Å². The van der Waals surface area contributed by atoms with Crippen LogP contribution >= 0.6 is 12.4 Å². The number of carbonyl (C=O) groups excluding carboxylic acids is 1. The summed E-state index contributed by atoms with van der Waals surface area (Å²) in [5, 5.41) is 0. The van der Waals surface area contributed by atoms with E-state index < -0.39 is 0 Å². The van der Waals surface area contributed by atoms with Crippen molar-refractivity contribution < 1.29 is 4.79 Å². The highest BCUT2D eigenvalue weighted by molar-refractivity contribution is 5.87. The van der Waals surface area contributed by atoms with E-state index in [-0.39, 0.29) is 17.8 Å². The number of hydrogen-bond donors (Lipinski definition) is 1. The van der Waals surface area contributed by atoms with Crippen molar-refractivity contribution >= 4 is 18.2 Å². The molecule has 4 aliphatic carbocycles. The van der Waals surface area contributed by atoms with Crippen molar-refractivity contribution in [1.29, 1.82) is 0 Å². The van der Waals surface area contributed by atoms with Crippen molar-refractivity contribution in [3.63, 3.8) is 0 Å². The van der Waals surface area contributed by atoms with Gasteiger partial charge in [-0.25, -0.2) is 0 Å². The van der Waals surface area contributed by atoms with Gasteiger partial charge in [0.2, 0.25) is 0 Å². The monoisotopic (exact) mass is 325 g/mol. The Morgan fingerprint density at radius 3 is 2.55 bits per heavy atom. The molecule has 4 aliphatic rings. The van der Waals surface area contributed by atoms with E-state index in [0.29, 0.717) is 23.2 Å². The van der Waals surface area contributed by atoms with Crippen LogP contribution in [0.5, 0.6) is 0 Å². The molecule has 2 N–H and O–H groups in total. The first-order valence-corrected chi connectivity index (χ1v) is 9.24. The number of Topliss-reactive ketones (excluding diaryl/α,β-unsaturated/α-hetero) is 1. The smallest absolute Gasteiger partial charge is 0.139 e. The summed E-state index contributed by atoms with van der Waals surface area (Å²) < 4.78 is 0. The van der Waals surface area contributed by atoms with Crippen LogP contribution in [0.2, 0.25) is 0 Å². The van der Waals surface area contributed by atoms with Crippen LogP contribution in [0.4, 0.5) is 0 Å². The number of halogens is 1. The number of nitrogens with two attached hydrogens (primary N) is 1. The van der Waals surface area contributed by atoms with E-state index in [1.165, 1.54) is 44.9 Å². The summed E-state index contributed by atoms with van der Waals surface area (Å²) in [6.07, 6.45) is 11.0. The van der Waals surface area contributed by atoms with Crippen molar-refractivity contribution in [2.45, 2.75) is 77.7 Å². The molecule has 4 fully saturated rings. The Labute approximate surface area is 141 Å². The minimum Gasteiger partial charge on any atom is -0.328 e. The van der Waals surface area contributed by atoms with Crippen LogP contribution < -0.4 is 5.73 Å².